The largest absolute Gasteiger partial charge is 0.452 e. The Morgan fingerprint density at radius 3 is 2.67 bits per heavy atom. The average molecular weight is 267 g/mol. The van der Waals surface area contributed by atoms with Crippen LogP contribution in [0.1, 0.15) is 18.1 Å². The molecule has 0 saturated carbocycles. The van der Waals surface area contributed by atoms with E-state index in [1.54, 1.807) is 0 Å². The number of esters is 1. The van der Waals surface area contributed by atoms with Crippen molar-refractivity contribution in [2.24, 2.45) is 5.73 Å². The highest BCUT2D eigenvalue weighted by atomic mass is 32.2. The summed E-state index contributed by atoms with van der Waals surface area (Å²) in [6, 6.07) is 6.05. The number of aryl methyl sites for hydroxylation is 2. The minimum absolute atomic E-state index is 0.169. The first-order valence-corrected chi connectivity index (χ1v) is 6.57. The molecule has 4 nitrogen and oxygen atoms in total. The van der Waals surface area contributed by atoms with Gasteiger partial charge < -0.3 is 10.5 Å². The maximum absolute atomic E-state index is 11.5. The zero-order valence-electron chi connectivity index (χ0n) is 10.7. The molecule has 18 heavy (non-hydrogen) atoms. The molecule has 2 N–H and O–H groups in total. The molecule has 1 atom stereocenters. The molecular weight excluding hydrogens is 250 g/mol. The molecule has 0 aromatic heterocycles. The lowest BCUT2D eigenvalue weighted by Gasteiger charge is -2.10. The van der Waals surface area contributed by atoms with E-state index in [2.05, 4.69) is 0 Å². The lowest BCUT2D eigenvalue weighted by Crippen LogP contribution is -2.31. The predicted molar refractivity (Wildman–Crippen MR) is 71.4 cm³/mol. The Morgan fingerprint density at radius 1 is 1.39 bits per heavy atom. The van der Waals surface area contributed by atoms with Crippen molar-refractivity contribution < 1.29 is 14.3 Å². The average Bonchev–Trinajstić information content (AvgIpc) is 2.30. The second-order valence-electron chi connectivity index (χ2n) is 4.09. The molecule has 5 heteroatoms. The zero-order chi connectivity index (χ0) is 13.7. The van der Waals surface area contributed by atoms with Crippen LogP contribution < -0.4 is 5.73 Å². The smallest absolute Gasteiger partial charge is 0.317 e. The van der Waals surface area contributed by atoms with Gasteiger partial charge in [-0.3, -0.25) is 9.59 Å². The highest BCUT2D eigenvalue weighted by Crippen LogP contribution is 2.23. The predicted octanol–water partition coefficient (Wildman–Crippen LogP) is 1.81. The summed E-state index contributed by atoms with van der Waals surface area (Å²) in [6.45, 7) is 5.44. The van der Waals surface area contributed by atoms with Gasteiger partial charge in [-0.2, -0.15) is 0 Å². The molecular formula is C13H17NO3S. The highest BCUT2D eigenvalue weighted by molar-refractivity contribution is 8.00. The summed E-state index contributed by atoms with van der Waals surface area (Å²) in [6.07, 6.45) is -0.878. The Balaban J connectivity index is 2.52. The van der Waals surface area contributed by atoms with Crippen LogP contribution in [0.3, 0.4) is 0 Å². The van der Waals surface area contributed by atoms with Gasteiger partial charge in [0.1, 0.15) is 0 Å². The maximum atomic E-state index is 11.5. The molecule has 1 aromatic rings. The van der Waals surface area contributed by atoms with Gasteiger partial charge in [0.25, 0.3) is 5.91 Å². The van der Waals surface area contributed by atoms with Crippen LogP contribution in [-0.2, 0) is 14.3 Å². The number of amides is 1. The first-order valence-electron chi connectivity index (χ1n) is 5.59. The third-order valence-electron chi connectivity index (χ3n) is 2.40. The number of ether oxygens (including phenoxy) is 1. The van der Waals surface area contributed by atoms with E-state index in [1.807, 2.05) is 32.0 Å². The first-order chi connectivity index (χ1) is 8.40. The van der Waals surface area contributed by atoms with E-state index in [0.29, 0.717) is 0 Å². The van der Waals surface area contributed by atoms with E-state index in [0.717, 1.165) is 16.0 Å². The van der Waals surface area contributed by atoms with E-state index in [9.17, 15) is 9.59 Å². The van der Waals surface area contributed by atoms with Gasteiger partial charge in [-0.05, 0) is 32.4 Å². The van der Waals surface area contributed by atoms with Crippen LogP contribution in [0.5, 0.6) is 0 Å². The molecule has 1 amide bonds. The number of primary amides is 1. The van der Waals surface area contributed by atoms with Gasteiger partial charge >= 0.3 is 5.97 Å². The summed E-state index contributed by atoms with van der Waals surface area (Å²) in [7, 11) is 0. The molecule has 0 fully saturated rings. The molecule has 98 valence electrons. The van der Waals surface area contributed by atoms with Crippen molar-refractivity contribution in [2.75, 3.05) is 5.75 Å². The maximum Gasteiger partial charge on any atom is 0.317 e. The van der Waals surface area contributed by atoms with Gasteiger partial charge in [-0.1, -0.05) is 17.7 Å². The summed E-state index contributed by atoms with van der Waals surface area (Å²) in [5, 5.41) is 0. The molecule has 0 spiro atoms. The zero-order valence-corrected chi connectivity index (χ0v) is 11.5. The summed E-state index contributed by atoms with van der Waals surface area (Å²) >= 11 is 1.40. The Bertz CT molecular complexity index is 460. The van der Waals surface area contributed by atoms with Crippen LogP contribution in [0, 0.1) is 13.8 Å². The van der Waals surface area contributed by atoms with Crippen molar-refractivity contribution in [2.45, 2.75) is 31.8 Å². The summed E-state index contributed by atoms with van der Waals surface area (Å²) in [5.41, 5.74) is 7.27. The normalized spacial score (nSPS) is 11.9. The van der Waals surface area contributed by atoms with Crippen LogP contribution >= 0.6 is 11.8 Å². The Morgan fingerprint density at radius 2 is 2.06 bits per heavy atom. The number of hydrogen-bond donors (Lipinski definition) is 1. The van der Waals surface area contributed by atoms with Crippen molar-refractivity contribution in [1.82, 2.24) is 0 Å². The van der Waals surface area contributed by atoms with E-state index in [1.165, 1.54) is 18.7 Å². The van der Waals surface area contributed by atoms with Crippen LogP contribution in [0.2, 0.25) is 0 Å². The number of carbonyl (C=O) groups is 2. The molecule has 0 aliphatic rings. The molecule has 1 aromatic carbocycles. The van der Waals surface area contributed by atoms with Gasteiger partial charge in [0.2, 0.25) is 0 Å². The minimum atomic E-state index is -0.878. The molecule has 0 unspecified atom stereocenters. The Kier molecular flexibility index (Phi) is 5.22. The van der Waals surface area contributed by atoms with Gasteiger partial charge in [-0.25, -0.2) is 0 Å². The third-order valence-corrected chi connectivity index (χ3v) is 3.53. The fourth-order valence-corrected chi connectivity index (χ4v) is 2.20. The lowest BCUT2D eigenvalue weighted by atomic mass is 10.2. The topological polar surface area (TPSA) is 69.4 Å². The van der Waals surface area contributed by atoms with Gasteiger partial charge in [0, 0.05) is 4.90 Å². The molecule has 0 aliphatic carbocycles. The summed E-state index contributed by atoms with van der Waals surface area (Å²) in [4.78, 5) is 23.3. The molecule has 0 aliphatic heterocycles. The first kappa shape index (κ1) is 14.6. The van der Waals surface area contributed by atoms with Gasteiger partial charge in [0.05, 0.1) is 5.75 Å². The van der Waals surface area contributed by atoms with Crippen molar-refractivity contribution in [1.29, 1.82) is 0 Å². The number of hydrogen-bond acceptors (Lipinski definition) is 4. The number of rotatable bonds is 5. The van der Waals surface area contributed by atoms with E-state index in [4.69, 9.17) is 10.5 Å². The van der Waals surface area contributed by atoms with Crippen molar-refractivity contribution in [3.63, 3.8) is 0 Å². The number of thioether (sulfide) groups is 1. The van der Waals surface area contributed by atoms with E-state index < -0.39 is 18.0 Å². The van der Waals surface area contributed by atoms with E-state index >= 15 is 0 Å². The van der Waals surface area contributed by atoms with Gasteiger partial charge in [-0.15, -0.1) is 11.8 Å². The minimum Gasteiger partial charge on any atom is -0.452 e. The van der Waals surface area contributed by atoms with Crippen LogP contribution in [0.4, 0.5) is 0 Å². The quantitative estimate of drug-likeness (QED) is 0.652. The van der Waals surface area contributed by atoms with Crippen LogP contribution in [0.15, 0.2) is 23.1 Å². The van der Waals surface area contributed by atoms with Crippen molar-refractivity contribution in [3.8, 4) is 0 Å². The fraction of sp³-hybridized carbons (Fsp3) is 0.385. The summed E-state index contributed by atoms with van der Waals surface area (Å²) in [5.74, 6) is -0.908. The van der Waals surface area contributed by atoms with Crippen molar-refractivity contribution >= 4 is 23.6 Å². The Labute approximate surface area is 111 Å². The summed E-state index contributed by atoms with van der Waals surface area (Å²) < 4.78 is 4.87. The number of nitrogens with two attached hydrogens (primary N) is 1. The van der Waals surface area contributed by atoms with Crippen LogP contribution in [-0.4, -0.2) is 23.7 Å². The lowest BCUT2D eigenvalue weighted by molar-refractivity contribution is -0.151. The van der Waals surface area contributed by atoms with Gasteiger partial charge in [0.15, 0.2) is 6.10 Å². The standard InChI is InChI=1S/C13H17NO3S/c1-8-4-5-9(2)11(6-8)18-7-12(15)17-10(3)13(14)16/h4-6,10H,7H2,1-3H3,(H2,14,16)/t10-/m1/s1. The molecule has 0 heterocycles. The highest BCUT2D eigenvalue weighted by Gasteiger charge is 2.14. The monoisotopic (exact) mass is 267 g/mol. The SMILES string of the molecule is Cc1ccc(C)c(SCC(=O)O[C@H](C)C(N)=O)c1. The second-order valence-corrected chi connectivity index (χ2v) is 5.11. The van der Waals surface area contributed by atoms with Crippen LogP contribution in [0.25, 0.3) is 0 Å². The molecule has 1 rings (SSSR count). The van der Waals surface area contributed by atoms with E-state index in [-0.39, 0.29) is 5.75 Å². The molecule has 0 radical (unpaired) electrons. The molecule has 0 saturated heterocycles. The third kappa shape index (κ3) is 4.41. The number of carbonyl (C=O) groups excluding carboxylic acids is 2. The number of benzene rings is 1. The Hall–Kier alpha value is -1.49. The molecule has 0 bridgehead atoms. The fourth-order valence-electron chi connectivity index (χ4n) is 1.29. The second kappa shape index (κ2) is 6.44. The van der Waals surface area contributed by atoms with Crippen molar-refractivity contribution in [3.05, 3.63) is 29.3 Å².